The molecule has 0 bridgehead atoms. The first-order valence-electron chi connectivity index (χ1n) is 13.8. The number of likely N-dealkylation sites (N-methyl/N-ethyl adjacent to an activating group) is 1. The second-order valence-electron chi connectivity index (χ2n) is 10.9. The summed E-state index contributed by atoms with van der Waals surface area (Å²) in [6.07, 6.45) is -1.67. The largest absolute Gasteiger partial charge is 0.378 e. The van der Waals surface area contributed by atoms with Gasteiger partial charge in [0.25, 0.3) is 0 Å². The highest BCUT2D eigenvalue weighted by Gasteiger charge is 2.50. The summed E-state index contributed by atoms with van der Waals surface area (Å²) in [6.45, 7) is 9.31. The van der Waals surface area contributed by atoms with E-state index in [1.807, 2.05) is 43.3 Å². The topological polar surface area (TPSA) is 58.6 Å². The molecule has 0 amide bonds. The van der Waals surface area contributed by atoms with E-state index in [-0.39, 0.29) is 54.7 Å². The molecule has 7 nitrogen and oxygen atoms in total. The van der Waals surface area contributed by atoms with Crippen molar-refractivity contribution < 1.29 is 28.4 Å². The smallest absolute Gasteiger partial charge is 0.163 e. The quantitative estimate of drug-likeness (QED) is 0.445. The van der Waals surface area contributed by atoms with E-state index in [1.54, 1.807) is 7.11 Å². The van der Waals surface area contributed by atoms with Gasteiger partial charge in [0.05, 0.1) is 43.7 Å². The van der Waals surface area contributed by atoms with Crippen LogP contribution in [0.5, 0.6) is 0 Å². The van der Waals surface area contributed by atoms with Gasteiger partial charge in [-0.25, -0.2) is 0 Å². The molecule has 38 heavy (non-hydrogen) atoms. The SMILES string of the molecule is CO[C@@H]1[C@@H](OCc2ccccc2)[C@H](C)OC(O[C@H]2[C@H](N(C)C)[C@@H](OCc3ccccc3)C(C)O[C@@H]2C)[C@H]1C. The van der Waals surface area contributed by atoms with Crippen LogP contribution in [0.4, 0.5) is 0 Å². The molecule has 210 valence electrons. The predicted octanol–water partition coefficient (Wildman–Crippen LogP) is 4.68. The van der Waals surface area contributed by atoms with Crippen LogP contribution < -0.4 is 0 Å². The summed E-state index contributed by atoms with van der Waals surface area (Å²) in [5.74, 6) is -0.0463. The second kappa shape index (κ2) is 13.5. The van der Waals surface area contributed by atoms with Crippen LogP contribution in [0.1, 0.15) is 38.8 Å². The molecule has 2 aromatic carbocycles. The highest BCUT2D eigenvalue weighted by atomic mass is 16.7. The average Bonchev–Trinajstić information content (AvgIpc) is 2.91. The Hall–Kier alpha value is -1.84. The molecule has 2 fully saturated rings. The first kappa shape index (κ1) is 29.2. The maximum atomic E-state index is 6.77. The molecule has 0 aromatic heterocycles. The minimum absolute atomic E-state index is 0.0170. The van der Waals surface area contributed by atoms with Gasteiger partial charge in [0.15, 0.2) is 6.29 Å². The lowest BCUT2D eigenvalue weighted by Gasteiger charge is -2.50. The molecule has 7 heteroatoms. The normalized spacial score (nSPS) is 35.9. The Kier molecular flexibility index (Phi) is 10.3. The van der Waals surface area contributed by atoms with Gasteiger partial charge in [-0.05, 0) is 46.0 Å². The molecule has 10 atom stereocenters. The van der Waals surface area contributed by atoms with Crippen LogP contribution in [0.15, 0.2) is 60.7 Å². The van der Waals surface area contributed by atoms with E-state index in [2.05, 4.69) is 64.0 Å². The monoisotopic (exact) mass is 527 g/mol. The summed E-state index contributed by atoms with van der Waals surface area (Å²) >= 11 is 0. The van der Waals surface area contributed by atoms with Crippen molar-refractivity contribution in [1.82, 2.24) is 4.90 Å². The number of benzene rings is 2. The number of ether oxygens (including phenoxy) is 6. The first-order chi connectivity index (χ1) is 18.3. The van der Waals surface area contributed by atoms with Crippen molar-refractivity contribution in [2.75, 3.05) is 21.2 Å². The molecule has 0 N–H and O–H groups in total. The minimum atomic E-state index is -0.465. The van der Waals surface area contributed by atoms with E-state index in [4.69, 9.17) is 28.4 Å². The summed E-state index contributed by atoms with van der Waals surface area (Å²) in [5, 5.41) is 0. The van der Waals surface area contributed by atoms with Crippen molar-refractivity contribution in [1.29, 1.82) is 0 Å². The summed E-state index contributed by atoms with van der Waals surface area (Å²) in [5.41, 5.74) is 2.26. The third-order valence-electron chi connectivity index (χ3n) is 7.84. The van der Waals surface area contributed by atoms with Crippen molar-refractivity contribution in [3.8, 4) is 0 Å². The van der Waals surface area contributed by atoms with Gasteiger partial charge in [-0.3, -0.25) is 0 Å². The van der Waals surface area contributed by atoms with Crippen LogP contribution in [-0.2, 0) is 41.6 Å². The number of hydrogen-bond acceptors (Lipinski definition) is 7. The highest BCUT2D eigenvalue weighted by molar-refractivity contribution is 5.14. The Morgan fingerprint density at radius 1 is 0.658 bits per heavy atom. The molecule has 2 aromatic rings. The Morgan fingerprint density at radius 3 is 1.68 bits per heavy atom. The average molecular weight is 528 g/mol. The third kappa shape index (κ3) is 6.83. The molecule has 2 aliphatic rings. The zero-order chi connectivity index (χ0) is 27.2. The summed E-state index contributed by atoms with van der Waals surface area (Å²) in [7, 11) is 5.88. The number of hydrogen-bond donors (Lipinski definition) is 0. The fourth-order valence-electron chi connectivity index (χ4n) is 5.81. The Morgan fingerprint density at radius 2 is 1.16 bits per heavy atom. The van der Waals surface area contributed by atoms with Crippen molar-refractivity contribution in [2.24, 2.45) is 5.92 Å². The molecule has 0 aliphatic carbocycles. The Balaban J connectivity index is 1.46. The molecule has 0 saturated carbocycles. The van der Waals surface area contributed by atoms with Gasteiger partial charge in [0.1, 0.15) is 18.3 Å². The van der Waals surface area contributed by atoms with Gasteiger partial charge in [0, 0.05) is 13.0 Å². The van der Waals surface area contributed by atoms with Gasteiger partial charge in [-0.1, -0.05) is 67.6 Å². The predicted molar refractivity (Wildman–Crippen MR) is 147 cm³/mol. The molecule has 0 spiro atoms. The van der Waals surface area contributed by atoms with Gasteiger partial charge in [0.2, 0.25) is 0 Å². The van der Waals surface area contributed by atoms with Gasteiger partial charge in [-0.2, -0.15) is 0 Å². The minimum Gasteiger partial charge on any atom is -0.378 e. The zero-order valence-corrected chi connectivity index (χ0v) is 23.9. The third-order valence-corrected chi connectivity index (χ3v) is 7.84. The highest BCUT2D eigenvalue weighted by Crippen LogP contribution is 2.35. The fraction of sp³-hybridized carbons (Fsp3) is 0.613. The molecular weight excluding hydrogens is 482 g/mol. The van der Waals surface area contributed by atoms with E-state index in [1.165, 1.54) is 0 Å². The van der Waals surface area contributed by atoms with E-state index in [0.717, 1.165) is 11.1 Å². The van der Waals surface area contributed by atoms with Crippen molar-refractivity contribution in [3.63, 3.8) is 0 Å². The summed E-state index contributed by atoms with van der Waals surface area (Å²) < 4.78 is 38.4. The number of methoxy groups -OCH3 is 1. The lowest BCUT2D eigenvalue weighted by Crippen LogP contribution is -2.64. The van der Waals surface area contributed by atoms with Gasteiger partial charge >= 0.3 is 0 Å². The zero-order valence-electron chi connectivity index (χ0n) is 23.9. The van der Waals surface area contributed by atoms with Crippen molar-refractivity contribution in [2.45, 2.75) is 96.0 Å². The van der Waals surface area contributed by atoms with Gasteiger partial charge < -0.3 is 33.3 Å². The second-order valence-corrected chi connectivity index (χ2v) is 10.9. The van der Waals surface area contributed by atoms with Crippen molar-refractivity contribution >= 4 is 0 Å². The van der Waals surface area contributed by atoms with Gasteiger partial charge in [-0.15, -0.1) is 0 Å². The lowest BCUT2D eigenvalue weighted by atomic mass is 9.90. The number of nitrogens with zero attached hydrogens (tertiary/aromatic N) is 1. The van der Waals surface area contributed by atoms with Crippen LogP contribution in [0, 0.1) is 5.92 Å². The molecule has 2 heterocycles. The van der Waals surface area contributed by atoms with Crippen LogP contribution in [0.2, 0.25) is 0 Å². The van der Waals surface area contributed by atoms with E-state index < -0.39 is 6.29 Å². The first-order valence-corrected chi connectivity index (χ1v) is 13.8. The van der Waals surface area contributed by atoms with Crippen LogP contribution in [0.25, 0.3) is 0 Å². The van der Waals surface area contributed by atoms with Crippen molar-refractivity contribution in [3.05, 3.63) is 71.8 Å². The van der Waals surface area contributed by atoms with Crippen LogP contribution in [0.3, 0.4) is 0 Å². The number of rotatable bonds is 10. The summed E-state index contributed by atoms with van der Waals surface area (Å²) in [4.78, 5) is 2.19. The van der Waals surface area contributed by atoms with E-state index in [0.29, 0.717) is 13.2 Å². The van der Waals surface area contributed by atoms with E-state index in [9.17, 15) is 0 Å². The Labute approximate surface area is 228 Å². The molecule has 0 radical (unpaired) electrons. The molecular formula is C31H45NO6. The standard InChI is InChI=1S/C31H45NO6/c1-20-27(33-7)30(35-19-25-16-12-9-13-17-25)23(4)37-31(20)38-29-22(3)36-21(2)28(26(29)32(5)6)34-18-24-14-10-8-11-15-24/h8-17,20-23,26-31H,18-19H2,1-7H3/t20-,21?,22+,23-,26+,27-,28-,29+,30-,31?/m0/s1. The van der Waals surface area contributed by atoms with Crippen LogP contribution in [-0.4, -0.2) is 81.2 Å². The summed E-state index contributed by atoms with van der Waals surface area (Å²) in [6, 6.07) is 20.4. The molecule has 2 saturated heterocycles. The molecule has 2 aliphatic heterocycles. The Bertz CT molecular complexity index is 959. The lowest BCUT2D eigenvalue weighted by molar-refractivity contribution is -0.324. The maximum Gasteiger partial charge on any atom is 0.163 e. The van der Waals surface area contributed by atoms with E-state index >= 15 is 0 Å². The molecule has 2 unspecified atom stereocenters. The molecule has 4 rings (SSSR count). The maximum absolute atomic E-state index is 6.77. The van der Waals surface area contributed by atoms with Crippen LogP contribution >= 0.6 is 0 Å². The fourth-order valence-corrected chi connectivity index (χ4v) is 5.81.